The molecule has 0 atom stereocenters. The summed E-state index contributed by atoms with van der Waals surface area (Å²) in [4.78, 5) is 14.3. The largest absolute Gasteiger partial charge is 0.500 e. The standard InChI is InChI=1S/C7H16N3O5Si/c1-12-16(13-2,14-3)6-4-5-10(9-8)15-7-11/h7H,4-6H2,1-3H3/q+1. The van der Waals surface area contributed by atoms with E-state index in [4.69, 9.17) is 18.7 Å². The summed E-state index contributed by atoms with van der Waals surface area (Å²) in [5.41, 5.74) is 0. The molecule has 0 rings (SSSR count). The third-order valence-electron chi connectivity index (χ3n) is 2.03. The van der Waals surface area contributed by atoms with Gasteiger partial charge >= 0.3 is 20.4 Å². The molecule has 0 aliphatic heterocycles. The smallest absolute Gasteiger partial charge is 0.377 e. The number of rotatable bonds is 9. The normalized spacial score (nSPS) is 10.6. The molecule has 8 nitrogen and oxygen atoms in total. The lowest BCUT2D eigenvalue weighted by Crippen LogP contribution is -2.43. The minimum atomic E-state index is -2.61. The maximum Gasteiger partial charge on any atom is 0.500 e. The molecule has 16 heavy (non-hydrogen) atoms. The Labute approximate surface area is 94.9 Å². The first-order valence-electron chi connectivity index (χ1n) is 4.56. The fourth-order valence-corrected chi connectivity index (χ4v) is 2.86. The van der Waals surface area contributed by atoms with Gasteiger partial charge in [0.2, 0.25) is 0 Å². The molecular formula is C7H16N3O5Si+. The molecule has 0 spiro atoms. The summed E-state index contributed by atoms with van der Waals surface area (Å²) < 4.78 is 15.6. The highest BCUT2D eigenvalue weighted by molar-refractivity contribution is 6.60. The minimum absolute atomic E-state index is 0.174. The van der Waals surface area contributed by atoms with Crippen LogP contribution >= 0.6 is 0 Å². The summed E-state index contributed by atoms with van der Waals surface area (Å²) in [6.45, 7) is 0.396. The highest BCUT2D eigenvalue weighted by atomic mass is 28.4. The monoisotopic (exact) mass is 250 g/mol. The van der Waals surface area contributed by atoms with E-state index < -0.39 is 8.80 Å². The second kappa shape index (κ2) is 8.00. The molecule has 0 unspecified atom stereocenters. The number of hydrogen-bond acceptors (Lipinski definition) is 7. The summed E-state index contributed by atoms with van der Waals surface area (Å²) in [7, 11) is 1.91. The number of hydroxylamine groups is 1. The van der Waals surface area contributed by atoms with Crippen LogP contribution in [0.3, 0.4) is 0 Å². The van der Waals surface area contributed by atoms with Gasteiger partial charge in [0.25, 0.3) is 5.39 Å². The molecule has 0 heterocycles. The third kappa shape index (κ3) is 4.54. The fourth-order valence-electron chi connectivity index (χ4n) is 1.16. The van der Waals surface area contributed by atoms with Gasteiger partial charge in [0.05, 0.1) is 0 Å². The van der Waals surface area contributed by atoms with Crippen LogP contribution in [0.4, 0.5) is 0 Å². The Balaban J connectivity index is 4.03. The summed E-state index contributed by atoms with van der Waals surface area (Å²) in [6.07, 6.45) is 0.527. The first-order chi connectivity index (χ1) is 7.67. The second-order valence-corrected chi connectivity index (χ2v) is 5.86. The minimum Gasteiger partial charge on any atom is -0.377 e. The van der Waals surface area contributed by atoms with Crippen molar-refractivity contribution in [3.05, 3.63) is 5.08 Å². The Morgan fingerprint density at radius 1 is 1.31 bits per heavy atom. The molecule has 0 aromatic carbocycles. The van der Waals surface area contributed by atoms with Gasteiger partial charge in [-0.05, 0) is 6.42 Å². The van der Waals surface area contributed by atoms with Gasteiger partial charge in [-0.2, -0.15) is 0 Å². The lowest BCUT2D eigenvalue weighted by Gasteiger charge is -2.23. The van der Waals surface area contributed by atoms with Gasteiger partial charge in [0.15, 0.2) is 5.17 Å². The van der Waals surface area contributed by atoms with Crippen molar-refractivity contribution in [3.8, 4) is 0 Å². The average molecular weight is 250 g/mol. The molecule has 0 radical (unpaired) electrons. The van der Waals surface area contributed by atoms with Gasteiger partial charge in [0, 0.05) is 27.4 Å². The van der Waals surface area contributed by atoms with Gasteiger partial charge in [-0.1, -0.05) is 0 Å². The van der Waals surface area contributed by atoms with Crippen molar-refractivity contribution in [2.24, 2.45) is 0 Å². The second-order valence-electron chi connectivity index (χ2n) is 2.77. The van der Waals surface area contributed by atoms with Crippen LogP contribution < -0.4 is 0 Å². The van der Waals surface area contributed by atoms with Gasteiger partial charge in [-0.15, -0.1) is 0 Å². The zero-order valence-electron chi connectivity index (χ0n) is 9.58. The van der Waals surface area contributed by atoms with Crippen molar-refractivity contribution in [1.82, 2.24) is 5.17 Å². The number of nitrogens with zero attached hydrogens (tertiary/aromatic N) is 3. The van der Waals surface area contributed by atoms with Gasteiger partial charge in [0.1, 0.15) is 6.54 Å². The Morgan fingerprint density at radius 3 is 2.25 bits per heavy atom. The average Bonchev–Trinajstić information content (AvgIpc) is 2.34. The van der Waals surface area contributed by atoms with Crippen molar-refractivity contribution >= 4 is 15.3 Å². The zero-order valence-corrected chi connectivity index (χ0v) is 10.6. The molecule has 0 aromatic rings. The first-order valence-corrected chi connectivity index (χ1v) is 6.49. The molecule has 0 aliphatic carbocycles. The molecular weight excluding hydrogens is 234 g/mol. The van der Waals surface area contributed by atoms with Crippen LogP contribution in [-0.4, -0.2) is 48.3 Å². The van der Waals surface area contributed by atoms with Crippen molar-refractivity contribution < 1.29 is 22.9 Å². The van der Waals surface area contributed by atoms with E-state index >= 15 is 0 Å². The SMILES string of the molecule is CO[Si](CCCN([N+]#N)OC=O)(OC)OC. The van der Waals surface area contributed by atoms with E-state index in [0.29, 0.717) is 12.5 Å². The Morgan fingerprint density at radius 2 is 1.88 bits per heavy atom. The summed E-state index contributed by atoms with van der Waals surface area (Å²) in [5.74, 6) is 0. The fraction of sp³-hybridized carbons (Fsp3) is 0.857. The van der Waals surface area contributed by atoms with Crippen LogP contribution in [0.1, 0.15) is 6.42 Å². The van der Waals surface area contributed by atoms with E-state index in [1.165, 1.54) is 21.3 Å². The third-order valence-corrected chi connectivity index (χ3v) is 4.86. The van der Waals surface area contributed by atoms with Gasteiger partial charge in [-0.25, -0.2) is 0 Å². The highest BCUT2D eigenvalue weighted by Crippen LogP contribution is 2.15. The van der Waals surface area contributed by atoms with E-state index in [2.05, 4.69) is 9.92 Å². The van der Waals surface area contributed by atoms with Gasteiger partial charge < -0.3 is 13.3 Å². The molecule has 0 N–H and O–H groups in total. The summed E-state index contributed by atoms with van der Waals surface area (Å²) >= 11 is 0. The molecule has 9 heteroatoms. The van der Waals surface area contributed by atoms with Crippen LogP contribution in [0.2, 0.25) is 6.04 Å². The Kier molecular flexibility index (Phi) is 7.39. The molecule has 0 aromatic heterocycles. The van der Waals surface area contributed by atoms with E-state index in [0.717, 1.165) is 5.17 Å². The van der Waals surface area contributed by atoms with Crippen LogP contribution in [0.25, 0.3) is 5.08 Å². The topological polar surface area (TPSA) is 85.4 Å². The van der Waals surface area contributed by atoms with Crippen molar-refractivity contribution in [1.29, 1.82) is 5.39 Å². The molecule has 0 amide bonds. The first kappa shape index (κ1) is 14.8. The zero-order chi connectivity index (χ0) is 12.4. The van der Waals surface area contributed by atoms with E-state index in [1.54, 1.807) is 0 Å². The lowest BCUT2D eigenvalue weighted by molar-refractivity contribution is -0.162. The number of hydrogen-bond donors (Lipinski definition) is 0. The van der Waals surface area contributed by atoms with Crippen LogP contribution in [0.15, 0.2) is 0 Å². The molecule has 0 fully saturated rings. The maximum absolute atomic E-state index is 10.0. The predicted octanol–water partition coefficient (Wildman–Crippen LogP) is 0.413. The van der Waals surface area contributed by atoms with Crippen molar-refractivity contribution in [2.75, 3.05) is 27.9 Å². The molecule has 0 bridgehead atoms. The van der Waals surface area contributed by atoms with E-state index in [-0.39, 0.29) is 13.0 Å². The molecule has 92 valence electrons. The van der Waals surface area contributed by atoms with Crippen LogP contribution in [-0.2, 0) is 22.9 Å². The number of diazo groups is 1. The quantitative estimate of drug-likeness (QED) is 0.253. The van der Waals surface area contributed by atoms with Crippen LogP contribution in [0, 0.1) is 5.39 Å². The maximum atomic E-state index is 10.0. The predicted molar refractivity (Wildman–Crippen MR) is 55.1 cm³/mol. The molecule has 0 aliphatic rings. The van der Waals surface area contributed by atoms with Gasteiger partial charge in [-0.3, -0.25) is 9.63 Å². The van der Waals surface area contributed by atoms with E-state index in [1.807, 2.05) is 0 Å². The van der Waals surface area contributed by atoms with Crippen molar-refractivity contribution in [2.45, 2.75) is 12.5 Å². The van der Waals surface area contributed by atoms with E-state index in [9.17, 15) is 4.79 Å². The number of carbonyl (C=O) groups excluding carboxylic acids is 1. The summed E-state index contributed by atoms with van der Waals surface area (Å²) in [5, 5.41) is 11.9. The van der Waals surface area contributed by atoms with Crippen LogP contribution in [0.5, 0.6) is 0 Å². The Bertz CT molecular complexity index is 234. The van der Waals surface area contributed by atoms with Crippen molar-refractivity contribution in [3.63, 3.8) is 0 Å². The lowest BCUT2D eigenvalue weighted by atomic mass is 10.5. The Hall–Kier alpha value is -1.21. The molecule has 0 saturated heterocycles. The highest BCUT2D eigenvalue weighted by Gasteiger charge is 2.37. The molecule has 0 saturated carbocycles. The summed E-state index contributed by atoms with van der Waals surface area (Å²) in [6, 6.07) is 0.519. The number of carbonyl (C=O) groups is 1.